The van der Waals surface area contributed by atoms with Crippen LogP contribution in [0.1, 0.15) is 43.0 Å². The first-order chi connectivity index (χ1) is 9.28. The Bertz CT molecular complexity index is 572. The van der Waals surface area contributed by atoms with Gasteiger partial charge in [0, 0.05) is 17.1 Å². The Balaban J connectivity index is 1.95. The monoisotopic (exact) mass is 254 g/mol. The highest BCUT2D eigenvalue weighted by atomic mass is 14.9. The Morgan fingerprint density at radius 3 is 2.84 bits per heavy atom. The fraction of sp³-hybridized carbons (Fsp3) is 0.471. The first kappa shape index (κ1) is 12.6. The Morgan fingerprint density at radius 1 is 1.32 bits per heavy atom. The molecule has 0 spiro atoms. The van der Waals surface area contributed by atoms with Gasteiger partial charge < -0.3 is 5.32 Å². The molecule has 1 N–H and O–H groups in total. The Kier molecular flexibility index (Phi) is 3.52. The first-order valence-electron chi connectivity index (χ1n) is 7.31. The number of pyridine rings is 1. The van der Waals surface area contributed by atoms with E-state index in [9.17, 15) is 0 Å². The normalized spacial score (nSPS) is 16.7. The van der Waals surface area contributed by atoms with Crippen molar-refractivity contribution in [3.8, 4) is 0 Å². The molecular formula is C17H22N2. The van der Waals surface area contributed by atoms with Gasteiger partial charge in [-0.2, -0.15) is 0 Å². The Hall–Kier alpha value is -1.41. The van der Waals surface area contributed by atoms with Crippen LogP contribution in [0.5, 0.6) is 0 Å². The largest absolute Gasteiger partial charge is 0.313 e. The summed E-state index contributed by atoms with van der Waals surface area (Å²) in [6, 6.07) is 11.2. The zero-order chi connectivity index (χ0) is 13.2. The molecule has 1 aliphatic rings. The van der Waals surface area contributed by atoms with Crippen LogP contribution >= 0.6 is 0 Å². The quantitative estimate of drug-likeness (QED) is 0.872. The summed E-state index contributed by atoms with van der Waals surface area (Å²) in [5.74, 6) is 0.991. The highest BCUT2D eigenvalue weighted by molar-refractivity contribution is 5.82. The number of benzene rings is 1. The van der Waals surface area contributed by atoms with Gasteiger partial charge in [-0.05, 0) is 50.4 Å². The van der Waals surface area contributed by atoms with Crippen molar-refractivity contribution in [1.82, 2.24) is 10.3 Å². The van der Waals surface area contributed by atoms with Crippen LogP contribution in [0.3, 0.4) is 0 Å². The third-order valence-electron chi connectivity index (χ3n) is 4.16. The molecule has 1 aliphatic carbocycles. The summed E-state index contributed by atoms with van der Waals surface area (Å²) < 4.78 is 0. The third-order valence-corrected chi connectivity index (χ3v) is 4.16. The minimum absolute atomic E-state index is 0.451. The molecule has 0 radical (unpaired) electrons. The summed E-state index contributed by atoms with van der Waals surface area (Å²) in [5.41, 5.74) is 3.63. The van der Waals surface area contributed by atoms with E-state index in [0.29, 0.717) is 6.04 Å². The molecule has 1 aromatic carbocycles. The standard InChI is InChI=1S/C17H22N2/c1-12-11-15(14-5-3-4-6-17(14)19-12)16(18-2)10-9-13-7-8-13/h3-6,11,13,16,18H,7-10H2,1-2H3. The highest BCUT2D eigenvalue weighted by Gasteiger charge is 2.23. The van der Waals surface area contributed by atoms with Gasteiger partial charge in [0.1, 0.15) is 0 Å². The molecular weight excluding hydrogens is 232 g/mol. The van der Waals surface area contributed by atoms with Gasteiger partial charge in [-0.25, -0.2) is 0 Å². The predicted octanol–water partition coefficient (Wildman–Crippen LogP) is 3.99. The second-order valence-electron chi connectivity index (χ2n) is 5.73. The van der Waals surface area contributed by atoms with E-state index in [1.807, 2.05) is 0 Å². The average Bonchev–Trinajstić information content (AvgIpc) is 3.23. The lowest BCUT2D eigenvalue weighted by Gasteiger charge is -2.19. The van der Waals surface area contributed by atoms with Crippen LogP contribution in [-0.4, -0.2) is 12.0 Å². The Morgan fingerprint density at radius 2 is 2.11 bits per heavy atom. The van der Waals surface area contributed by atoms with Crippen LogP contribution in [-0.2, 0) is 0 Å². The van der Waals surface area contributed by atoms with E-state index >= 15 is 0 Å². The van der Waals surface area contributed by atoms with E-state index in [1.54, 1.807) is 0 Å². The highest BCUT2D eigenvalue weighted by Crippen LogP contribution is 2.36. The molecule has 1 heterocycles. The minimum Gasteiger partial charge on any atom is -0.313 e. The molecule has 1 aromatic heterocycles. The van der Waals surface area contributed by atoms with E-state index in [2.05, 4.69) is 54.6 Å². The third kappa shape index (κ3) is 2.79. The van der Waals surface area contributed by atoms with Crippen molar-refractivity contribution in [2.24, 2.45) is 5.92 Å². The summed E-state index contributed by atoms with van der Waals surface area (Å²) in [5, 5.41) is 4.79. The van der Waals surface area contributed by atoms with Gasteiger partial charge in [-0.3, -0.25) is 4.98 Å². The number of aryl methyl sites for hydroxylation is 1. The molecule has 2 heteroatoms. The SMILES string of the molecule is CNC(CCC1CC1)c1cc(C)nc2ccccc12. The Labute approximate surface area is 115 Å². The van der Waals surface area contributed by atoms with Crippen LogP contribution in [0.4, 0.5) is 0 Å². The van der Waals surface area contributed by atoms with Crippen LogP contribution in [0.15, 0.2) is 30.3 Å². The summed E-state index contributed by atoms with van der Waals surface area (Å²) in [4.78, 5) is 4.63. The average molecular weight is 254 g/mol. The van der Waals surface area contributed by atoms with Gasteiger partial charge in [0.05, 0.1) is 5.52 Å². The van der Waals surface area contributed by atoms with Gasteiger partial charge in [0.2, 0.25) is 0 Å². The molecule has 1 unspecified atom stereocenters. The molecule has 1 fully saturated rings. The van der Waals surface area contributed by atoms with Crippen LogP contribution in [0, 0.1) is 12.8 Å². The maximum Gasteiger partial charge on any atom is 0.0708 e. The number of hydrogen-bond donors (Lipinski definition) is 1. The lowest BCUT2D eigenvalue weighted by Crippen LogP contribution is -2.17. The second kappa shape index (κ2) is 5.30. The first-order valence-corrected chi connectivity index (χ1v) is 7.31. The zero-order valence-corrected chi connectivity index (χ0v) is 11.8. The fourth-order valence-electron chi connectivity index (χ4n) is 2.89. The van der Waals surface area contributed by atoms with Crippen molar-refractivity contribution >= 4 is 10.9 Å². The molecule has 2 aromatic rings. The topological polar surface area (TPSA) is 24.9 Å². The minimum atomic E-state index is 0.451. The van der Waals surface area contributed by atoms with E-state index in [4.69, 9.17) is 0 Å². The summed E-state index contributed by atoms with van der Waals surface area (Å²) in [7, 11) is 2.07. The molecule has 0 aliphatic heterocycles. The summed E-state index contributed by atoms with van der Waals surface area (Å²) in [6.45, 7) is 2.09. The van der Waals surface area contributed by atoms with Gasteiger partial charge in [-0.1, -0.05) is 31.0 Å². The number of rotatable bonds is 5. The molecule has 3 rings (SSSR count). The zero-order valence-electron chi connectivity index (χ0n) is 11.8. The van der Waals surface area contributed by atoms with Gasteiger partial charge in [-0.15, -0.1) is 0 Å². The molecule has 2 nitrogen and oxygen atoms in total. The van der Waals surface area contributed by atoms with Crippen molar-refractivity contribution in [2.75, 3.05) is 7.05 Å². The number of fused-ring (bicyclic) bond motifs is 1. The van der Waals surface area contributed by atoms with Crippen molar-refractivity contribution in [1.29, 1.82) is 0 Å². The predicted molar refractivity (Wildman–Crippen MR) is 80.2 cm³/mol. The fourth-order valence-corrected chi connectivity index (χ4v) is 2.89. The number of para-hydroxylation sites is 1. The maximum absolute atomic E-state index is 4.63. The van der Waals surface area contributed by atoms with E-state index < -0.39 is 0 Å². The maximum atomic E-state index is 4.63. The number of aromatic nitrogens is 1. The molecule has 0 bridgehead atoms. The molecule has 1 atom stereocenters. The van der Waals surface area contributed by atoms with E-state index in [1.165, 1.54) is 36.6 Å². The molecule has 1 saturated carbocycles. The van der Waals surface area contributed by atoms with Gasteiger partial charge in [0.25, 0.3) is 0 Å². The van der Waals surface area contributed by atoms with Crippen LogP contribution in [0.25, 0.3) is 10.9 Å². The molecule has 100 valence electrons. The van der Waals surface area contributed by atoms with Crippen molar-refractivity contribution in [3.63, 3.8) is 0 Å². The van der Waals surface area contributed by atoms with Crippen LogP contribution < -0.4 is 5.32 Å². The number of nitrogens with one attached hydrogen (secondary N) is 1. The molecule has 0 saturated heterocycles. The lowest BCUT2D eigenvalue weighted by molar-refractivity contribution is 0.508. The molecule has 19 heavy (non-hydrogen) atoms. The van der Waals surface area contributed by atoms with Crippen molar-refractivity contribution in [2.45, 2.75) is 38.6 Å². The summed E-state index contributed by atoms with van der Waals surface area (Å²) >= 11 is 0. The van der Waals surface area contributed by atoms with E-state index in [-0.39, 0.29) is 0 Å². The molecule has 0 amide bonds. The van der Waals surface area contributed by atoms with Crippen molar-refractivity contribution < 1.29 is 0 Å². The van der Waals surface area contributed by atoms with Gasteiger partial charge >= 0.3 is 0 Å². The second-order valence-corrected chi connectivity index (χ2v) is 5.73. The number of nitrogens with zero attached hydrogens (tertiary/aromatic N) is 1. The smallest absolute Gasteiger partial charge is 0.0708 e. The lowest BCUT2D eigenvalue weighted by atomic mass is 9.96. The summed E-state index contributed by atoms with van der Waals surface area (Å²) in [6.07, 6.45) is 5.45. The van der Waals surface area contributed by atoms with Gasteiger partial charge in [0.15, 0.2) is 0 Å². The van der Waals surface area contributed by atoms with Crippen LogP contribution in [0.2, 0.25) is 0 Å². The van der Waals surface area contributed by atoms with E-state index in [0.717, 1.165) is 17.1 Å². The van der Waals surface area contributed by atoms with Crippen molar-refractivity contribution in [3.05, 3.63) is 41.6 Å². The number of hydrogen-bond acceptors (Lipinski definition) is 2.